The number of nitrogens with two attached hydrogens (primary N) is 1. The van der Waals surface area contributed by atoms with E-state index in [1.807, 2.05) is 26.0 Å². The van der Waals surface area contributed by atoms with Crippen LogP contribution < -0.4 is 11.1 Å². The van der Waals surface area contributed by atoms with Gasteiger partial charge in [0.1, 0.15) is 5.92 Å². The minimum atomic E-state index is -0.892. The summed E-state index contributed by atoms with van der Waals surface area (Å²) >= 11 is 1.30. The maximum absolute atomic E-state index is 12.9. The Morgan fingerprint density at radius 1 is 1.28 bits per heavy atom. The van der Waals surface area contributed by atoms with Gasteiger partial charge in [-0.1, -0.05) is 13.8 Å². The Balaban J connectivity index is 1.74. The monoisotopic (exact) mass is 418 g/mol. The Morgan fingerprint density at radius 2 is 2.07 bits per heavy atom. The smallest absolute Gasteiger partial charge is 0.232 e. The van der Waals surface area contributed by atoms with Crippen molar-refractivity contribution >= 4 is 29.3 Å². The first-order valence-corrected chi connectivity index (χ1v) is 10.4. The second-order valence-electron chi connectivity index (χ2n) is 7.72. The Labute approximate surface area is 173 Å². The van der Waals surface area contributed by atoms with E-state index in [9.17, 15) is 14.4 Å². The number of nitrogens with one attached hydrogen (secondary N) is 1. The van der Waals surface area contributed by atoms with Crippen LogP contribution in [0, 0.1) is 11.8 Å². The number of aromatic nitrogens is 3. The number of carbonyl (C=O) groups excluding carboxylic acids is 3. The molecular formula is C19H26N6O3S. The fourth-order valence-electron chi connectivity index (χ4n) is 3.45. The van der Waals surface area contributed by atoms with Crippen LogP contribution in [0.25, 0.3) is 0 Å². The molecule has 3 amide bonds. The minimum Gasteiger partial charge on any atom is -0.369 e. The molecule has 2 aromatic rings. The molecular weight excluding hydrogens is 392 g/mol. The van der Waals surface area contributed by atoms with Crippen molar-refractivity contribution in [3.8, 4) is 0 Å². The summed E-state index contributed by atoms with van der Waals surface area (Å²) in [6.07, 6.45) is 3.99. The number of rotatable bonds is 7. The van der Waals surface area contributed by atoms with Crippen LogP contribution in [0.5, 0.6) is 0 Å². The third kappa shape index (κ3) is 5.41. The number of amides is 3. The van der Waals surface area contributed by atoms with Gasteiger partial charge in [0.2, 0.25) is 17.7 Å². The summed E-state index contributed by atoms with van der Waals surface area (Å²) in [5.74, 6) is -1.82. The predicted octanol–water partition coefficient (Wildman–Crippen LogP) is 0.557. The van der Waals surface area contributed by atoms with Crippen molar-refractivity contribution in [1.82, 2.24) is 24.4 Å². The summed E-state index contributed by atoms with van der Waals surface area (Å²) in [5.41, 5.74) is 6.34. The fraction of sp³-hybridized carbons (Fsp3) is 0.526. The van der Waals surface area contributed by atoms with Gasteiger partial charge in [-0.3, -0.25) is 19.1 Å². The van der Waals surface area contributed by atoms with Crippen molar-refractivity contribution in [3.05, 3.63) is 35.1 Å². The molecule has 3 N–H and O–H groups in total. The van der Waals surface area contributed by atoms with Crippen LogP contribution in [0.2, 0.25) is 0 Å². The minimum absolute atomic E-state index is 0.0446. The first-order chi connectivity index (χ1) is 13.8. The number of hydrogen-bond donors (Lipinski definition) is 2. The molecule has 2 aromatic heterocycles. The van der Waals surface area contributed by atoms with Crippen LogP contribution >= 0.6 is 11.5 Å². The fourth-order valence-corrected chi connectivity index (χ4v) is 4.02. The second-order valence-corrected chi connectivity index (χ2v) is 8.64. The summed E-state index contributed by atoms with van der Waals surface area (Å²) in [7, 11) is 0. The third-order valence-electron chi connectivity index (χ3n) is 4.87. The predicted molar refractivity (Wildman–Crippen MR) is 108 cm³/mol. The molecule has 3 heterocycles. The molecule has 0 aliphatic carbocycles. The lowest BCUT2D eigenvalue weighted by Gasteiger charge is -2.26. The SMILES string of the molecule is CC(C)CC(C(N)=O)C(=O)NC1CN(C(=O)Cc2ccns2)Cc2ccnn2C1. The van der Waals surface area contributed by atoms with Gasteiger partial charge in [0.15, 0.2) is 0 Å². The van der Waals surface area contributed by atoms with E-state index in [-0.39, 0.29) is 24.3 Å². The van der Waals surface area contributed by atoms with E-state index in [1.165, 1.54) is 11.5 Å². The maximum atomic E-state index is 12.9. The summed E-state index contributed by atoms with van der Waals surface area (Å²) < 4.78 is 5.82. The lowest BCUT2D eigenvalue weighted by Crippen LogP contribution is -2.50. The van der Waals surface area contributed by atoms with Crippen molar-refractivity contribution in [2.75, 3.05) is 6.54 Å². The Hall–Kier alpha value is -2.75. The van der Waals surface area contributed by atoms with E-state index < -0.39 is 17.7 Å². The molecule has 10 heteroatoms. The highest BCUT2D eigenvalue weighted by Gasteiger charge is 2.31. The van der Waals surface area contributed by atoms with Gasteiger partial charge in [0.25, 0.3) is 0 Å². The Bertz CT molecular complexity index is 863. The molecule has 1 aliphatic rings. The van der Waals surface area contributed by atoms with Crippen molar-refractivity contribution in [3.63, 3.8) is 0 Å². The molecule has 0 bridgehead atoms. The summed E-state index contributed by atoms with van der Waals surface area (Å²) in [6, 6.07) is 3.32. The molecule has 2 unspecified atom stereocenters. The largest absolute Gasteiger partial charge is 0.369 e. The molecule has 1 aliphatic heterocycles. The molecule has 0 aromatic carbocycles. The van der Waals surface area contributed by atoms with Gasteiger partial charge in [-0.25, -0.2) is 4.37 Å². The van der Waals surface area contributed by atoms with Crippen LogP contribution in [-0.2, 0) is 33.9 Å². The first kappa shape index (κ1) is 21.0. The lowest BCUT2D eigenvalue weighted by atomic mass is 9.95. The van der Waals surface area contributed by atoms with Gasteiger partial charge in [0, 0.05) is 23.8 Å². The van der Waals surface area contributed by atoms with E-state index in [0.717, 1.165) is 10.6 Å². The summed E-state index contributed by atoms with van der Waals surface area (Å²) in [5, 5.41) is 7.22. The molecule has 0 spiro atoms. The molecule has 0 saturated carbocycles. The maximum Gasteiger partial charge on any atom is 0.232 e. The van der Waals surface area contributed by atoms with Gasteiger partial charge >= 0.3 is 0 Å². The van der Waals surface area contributed by atoms with Crippen LogP contribution in [0.3, 0.4) is 0 Å². The van der Waals surface area contributed by atoms with Crippen molar-refractivity contribution in [1.29, 1.82) is 0 Å². The van der Waals surface area contributed by atoms with Crippen LogP contribution in [0.1, 0.15) is 30.8 Å². The average molecular weight is 419 g/mol. The van der Waals surface area contributed by atoms with E-state index in [4.69, 9.17) is 5.73 Å². The third-order valence-corrected chi connectivity index (χ3v) is 5.62. The molecule has 2 atom stereocenters. The van der Waals surface area contributed by atoms with Gasteiger partial charge in [-0.05, 0) is 36.0 Å². The molecule has 0 radical (unpaired) electrons. The average Bonchev–Trinajstić information content (AvgIpc) is 3.28. The summed E-state index contributed by atoms with van der Waals surface area (Å²) in [4.78, 5) is 40.0. The van der Waals surface area contributed by atoms with E-state index in [1.54, 1.807) is 22.0 Å². The standard InChI is InChI=1S/C19H26N6O3S/c1-12(2)7-16(18(20)27)19(28)23-13-9-24(11-14-3-5-21-25(14)10-13)17(26)8-15-4-6-22-29-15/h3-6,12-13,16H,7-11H2,1-2H3,(H2,20,27)(H,23,28). The van der Waals surface area contributed by atoms with Crippen molar-refractivity contribution < 1.29 is 14.4 Å². The zero-order valence-corrected chi connectivity index (χ0v) is 17.4. The normalized spacial score (nSPS) is 17.5. The van der Waals surface area contributed by atoms with Gasteiger partial charge in [0.05, 0.1) is 31.2 Å². The van der Waals surface area contributed by atoms with Crippen LogP contribution in [0.4, 0.5) is 0 Å². The summed E-state index contributed by atoms with van der Waals surface area (Å²) in [6.45, 7) is 5.04. The second kappa shape index (κ2) is 9.17. The zero-order valence-electron chi connectivity index (χ0n) is 16.6. The lowest BCUT2D eigenvalue weighted by molar-refractivity contribution is -0.136. The van der Waals surface area contributed by atoms with E-state index >= 15 is 0 Å². The highest BCUT2D eigenvalue weighted by molar-refractivity contribution is 7.05. The number of primary amides is 1. The molecule has 0 fully saturated rings. The van der Waals surface area contributed by atoms with Gasteiger partial charge in [-0.15, -0.1) is 0 Å². The first-order valence-electron chi connectivity index (χ1n) is 9.61. The molecule has 3 rings (SSSR count). The Kier molecular flexibility index (Phi) is 6.63. The molecule has 0 saturated heterocycles. The molecule has 29 heavy (non-hydrogen) atoms. The van der Waals surface area contributed by atoms with Crippen molar-refractivity contribution in [2.45, 2.75) is 45.8 Å². The quantitative estimate of drug-likeness (QED) is 0.636. The van der Waals surface area contributed by atoms with E-state index in [2.05, 4.69) is 14.8 Å². The topological polar surface area (TPSA) is 123 Å². The number of carbonyl (C=O) groups is 3. The Morgan fingerprint density at radius 3 is 2.72 bits per heavy atom. The highest BCUT2D eigenvalue weighted by atomic mass is 32.1. The van der Waals surface area contributed by atoms with Crippen LogP contribution in [0.15, 0.2) is 24.5 Å². The van der Waals surface area contributed by atoms with E-state index in [0.29, 0.717) is 26.1 Å². The number of hydrogen-bond acceptors (Lipinski definition) is 6. The van der Waals surface area contributed by atoms with Gasteiger partial charge < -0.3 is 16.0 Å². The molecule has 156 valence electrons. The van der Waals surface area contributed by atoms with Crippen molar-refractivity contribution in [2.24, 2.45) is 17.6 Å². The van der Waals surface area contributed by atoms with Crippen LogP contribution in [-0.4, -0.2) is 49.4 Å². The number of fused-ring (bicyclic) bond motifs is 1. The molecule has 9 nitrogen and oxygen atoms in total. The van der Waals surface area contributed by atoms with Gasteiger partial charge in [-0.2, -0.15) is 5.10 Å². The highest BCUT2D eigenvalue weighted by Crippen LogP contribution is 2.17. The number of nitrogens with zero attached hydrogens (tertiary/aromatic N) is 4. The zero-order chi connectivity index (χ0) is 21.0.